The van der Waals surface area contributed by atoms with Crippen molar-refractivity contribution in [1.82, 2.24) is 10.6 Å². The normalized spacial score (nSPS) is 12.7. The number of sulfone groups is 1. The molecule has 0 radical (unpaired) electrons. The fourth-order valence-corrected chi connectivity index (χ4v) is 2.11. The van der Waals surface area contributed by atoms with E-state index in [1.54, 1.807) is 0 Å². The van der Waals surface area contributed by atoms with E-state index >= 15 is 0 Å². The highest BCUT2D eigenvalue weighted by molar-refractivity contribution is 7.90. The minimum Gasteiger partial charge on any atom is -0.481 e. The van der Waals surface area contributed by atoms with Crippen molar-refractivity contribution in [2.45, 2.75) is 26.2 Å². The monoisotopic (exact) mass is 294 g/mol. The van der Waals surface area contributed by atoms with Crippen LogP contribution in [0.2, 0.25) is 0 Å². The summed E-state index contributed by atoms with van der Waals surface area (Å²) in [5.41, 5.74) is 0. The van der Waals surface area contributed by atoms with E-state index < -0.39 is 21.8 Å². The molecule has 0 saturated carbocycles. The highest BCUT2D eigenvalue weighted by Gasteiger charge is 2.12. The zero-order valence-corrected chi connectivity index (χ0v) is 12.1. The lowest BCUT2D eigenvalue weighted by Crippen LogP contribution is -2.39. The van der Waals surface area contributed by atoms with E-state index in [1.165, 1.54) is 0 Å². The molecular formula is C11H22N2O5S. The summed E-state index contributed by atoms with van der Waals surface area (Å²) in [6.07, 6.45) is 2.19. The summed E-state index contributed by atoms with van der Waals surface area (Å²) < 4.78 is 21.7. The molecule has 0 aromatic carbocycles. The smallest absolute Gasteiger partial charge is 0.314 e. The van der Waals surface area contributed by atoms with Crippen molar-refractivity contribution in [2.75, 3.05) is 25.1 Å². The third-order valence-electron chi connectivity index (χ3n) is 2.57. The topological polar surface area (TPSA) is 113 Å². The minimum absolute atomic E-state index is 0.0187. The number of carbonyl (C=O) groups excluding carboxylic acids is 1. The van der Waals surface area contributed by atoms with Gasteiger partial charge in [-0.25, -0.2) is 13.2 Å². The quantitative estimate of drug-likeness (QED) is 0.527. The molecule has 2 amide bonds. The number of carboxylic acid groups (broad SMARTS) is 1. The number of hydrogen-bond donors (Lipinski definition) is 3. The van der Waals surface area contributed by atoms with Crippen LogP contribution in [0.5, 0.6) is 0 Å². The van der Waals surface area contributed by atoms with E-state index in [0.717, 1.165) is 6.26 Å². The molecule has 0 heterocycles. The number of carboxylic acids is 1. The molecule has 19 heavy (non-hydrogen) atoms. The summed E-state index contributed by atoms with van der Waals surface area (Å²) in [5, 5.41) is 13.7. The molecule has 3 N–H and O–H groups in total. The van der Waals surface area contributed by atoms with Crippen LogP contribution in [0, 0.1) is 5.92 Å². The van der Waals surface area contributed by atoms with Gasteiger partial charge in [-0.2, -0.15) is 0 Å². The molecular weight excluding hydrogens is 272 g/mol. The number of carbonyl (C=O) groups is 2. The molecule has 0 fully saturated rings. The predicted molar refractivity (Wildman–Crippen MR) is 71.8 cm³/mol. The molecule has 0 aliphatic rings. The summed E-state index contributed by atoms with van der Waals surface area (Å²) in [7, 11) is -3.00. The van der Waals surface area contributed by atoms with Gasteiger partial charge in [0, 0.05) is 25.8 Å². The average molecular weight is 294 g/mol. The Morgan fingerprint density at radius 2 is 1.89 bits per heavy atom. The number of amides is 2. The number of nitrogens with one attached hydrogen (secondary N) is 2. The number of rotatable bonds is 9. The van der Waals surface area contributed by atoms with Crippen molar-refractivity contribution < 1.29 is 23.1 Å². The molecule has 0 aromatic heterocycles. The Bertz CT molecular complexity index is 394. The first-order valence-corrected chi connectivity index (χ1v) is 8.22. The molecule has 1 atom stereocenters. The van der Waals surface area contributed by atoms with E-state index in [0.29, 0.717) is 19.4 Å². The van der Waals surface area contributed by atoms with Crippen molar-refractivity contribution in [3.05, 3.63) is 0 Å². The Balaban J connectivity index is 3.77. The summed E-state index contributed by atoms with van der Waals surface area (Å²) in [5.74, 6) is -0.953. The fourth-order valence-electron chi connectivity index (χ4n) is 1.44. The molecule has 0 aromatic rings. The fraction of sp³-hybridized carbons (Fsp3) is 0.818. The maximum absolute atomic E-state index is 11.4. The lowest BCUT2D eigenvalue weighted by Gasteiger charge is -2.13. The highest BCUT2D eigenvalue weighted by atomic mass is 32.2. The van der Waals surface area contributed by atoms with E-state index in [-0.39, 0.29) is 24.6 Å². The maximum Gasteiger partial charge on any atom is 0.314 e. The van der Waals surface area contributed by atoms with Crippen molar-refractivity contribution >= 4 is 21.8 Å². The molecule has 1 unspecified atom stereocenters. The SMILES string of the molecule is CCC(CNC(=O)NCCCS(C)(=O)=O)CC(=O)O. The van der Waals surface area contributed by atoms with Crippen LogP contribution in [0.4, 0.5) is 4.79 Å². The predicted octanol–water partition coefficient (Wildman–Crippen LogP) is 0.221. The second-order valence-electron chi connectivity index (χ2n) is 4.49. The molecule has 0 spiro atoms. The van der Waals surface area contributed by atoms with Gasteiger partial charge in [-0.3, -0.25) is 4.79 Å². The van der Waals surface area contributed by atoms with Crippen LogP contribution in [-0.2, 0) is 14.6 Å². The van der Waals surface area contributed by atoms with Gasteiger partial charge >= 0.3 is 12.0 Å². The average Bonchev–Trinajstić information content (AvgIpc) is 2.28. The third-order valence-corrected chi connectivity index (χ3v) is 3.60. The molecule has 0 rings (SSSR count). The van der Waals surface area contributed by atoms with Gasteiger partial charge in [0.1, 0.15) is 9.84 Å². The van der Waals surface area contributed by atoms with Crippen LogP contribution in [0.3, 0.4) is 0 Å². The van der Waals surface area contributed by atoms with Gasteiger partial charge < -0.3 is 15.7 Å². The van der Waals surface area contributed by atoms with Crippen LogP contribution in [-0.4, -0.2) is 50.6 Å². The molecule has 0 aliphatic heterocycles. The molecule has 0 aliphatic carbocycles. The Hall–Kier alpha value is -1.31. The maximum atomic E-state index is 11.4. The minimum atomic E-state index is -3.00. The van der Waals surface area contributed by atoms with Crippen molar-refractivity contribution in [1.29, 1.82) is 0 Å². The van der Waals surface area contributed by atoms with E-state index in [2.05, 4.69) is 10.6 Å². The Kier molecular flexibility index (Phi) is 8.13. The zero-order valence-electron chi connectivity index (χ0n) is 11.3. The first-order valence-electron chi connectivity index (χ1n) is 6.15. The van der Waals surface area contributed by atoms with Crippen LogP contribution in [0.1, 0.15) is 26.2 Å². The Morgan fingerprint density at radius 1 is 1.26 bits per heavy atom. The first kappa shape index (κ1) is 17.7. The van der Waals surface area contributed by atoms with E-state index in [4.69, 9.17) is 5.11 Å². The zero-order chi connectivity index (χ0) is 14.9. The Labute approximate surface area is 113 Å². The summed E-state index contributed by atoms with van der Waals surface area (Å²) >= 11 is 0. The van der Waals surface area contributed by atoms with Gasteiger partial charge in [-0.1, -0.05) is 13.3 Å². The van der Waals surface area contributed by atoms with Crippen molar-refractivity contribution in [3.63, 3.8) is 0 Å². The Morgan fingerprint density at radius 3 is 2.37 bits per heavy atom. The first-order chi connectivity index (χ1) is 8.74. The summed E-state index contributed by atoms with van der Waals surface area (Å²) in [6, 6.07) is -0.405. The standard InChI is InChI=1S/C11H22N2O5S/c1-3-9(7-10(14)15)8-13-11(16)12-5-4-6-19(2,17)18/h9H,3-8H2,1-2H3,(H,14,15)(H2,12,13,16). The number of urea groups is 1. The summed E-state index contributed by atoms with van der Waals surface area (Å²) in [6.45, 7) is 2.43. The van der Waals surface area contributed by atoms with Gasteiger partial charge in [0.15, 0.2) is 0 Å². The van der Waals surface area contributed by atoms with Gasteiger partial charge in [-0.05, 0) is 12.3 Å². The van der Waals surface area contributed by atoms with E-state index in [9.17, 15) is 18.0 Å². The molecule has 8 heteroatoms. The molecule has 7 nitrogen and oxygen atoms in total. The van der Waals surface area contributed by atoms with Crippen LogP contribution >= 0.6 is 0 Å². The van der Waals surface area contributed by atoms with Gasteiger partial charge in [0.2, 0.25) is 0 Å². The van der Waals surface area contributed by atoms with Gasteiger partial charge in [0.05, 0.1) is 5.75 Å². The summed E-state index contributed by atoms with van der Waals surface area (Å²) in [4.78, 5) is 21.9. The van der Waals surface area contributed by atoms with Crippen LogP contribution in [0.25, 0.3) is 0 Å². The largest absolute Gasteiger partial charge is 0.481 e. The second-order valence-corrected chi connectivity index (χ2v) is 6.75. The molecule has 0 bridgehead atoms. The molecule has 112 valence electrons. The van der Waals surface area contributed by atoms with Crippen LogP contribution < -0.4 is 10.6 Å². The van der Waals surface area contributed by atoms with Crippen molar-refractivity contribution in [2.24, 2.45) is 5.92 Å². The highest BCUT2D eigenvalue weighted by Crippen LogP contribution is 2.06. The molecule has 0 saturated heterocycles. The van der Waals surface area contributed by atoms with Crippen molar-refractivity contribution in [3.8, 4) is 0 Å². The lowest BCUT2D eigenvalue weighted by molar-refractivity contribution is -0.138. The van der Waals surface area contributed by atoms with Gasteiger partial charge in [0.25, 0.3) is 0 Å². The van der Waals surface area contributed by atoms with E-state index in [1.807, 2.05) is 6.92 Å². The lowest BCUT2D eigenvalue weighted by atomic mass is 10.0. The third kappa shape index (κ3) is 11.5. The number of hydrogen-bond acceptors (Lipinski definition) is 4. The van der Waals surface area contributed by atoms with Gasteiger partial charge in [-0.15, -0.1) is 0 Å². The van der Waals surface area contributed by atoms with Crippen LogP contribution in [0.15, 0.2) is 0 Å². The number of aliphatic carboxylic acids is 1. The second kappa shape index (κ2) is 8.73.